The van der Waals surface area contributed by atoms with Crippen LogP contribution in [0.3, 0.4) is 0 Å². The van der Waals surface area contributed by atoms with E-state index in [9.17, 15) is 4.79 Å². The van der Waals surface area contributed by atoms with Gasteiger partial charge in [-0.3, -0.25) is 4.79 Å². The molecule has 1 aliphatic heterocycles. The Balaban J connectivity index is 0.00000162. The van der Waals surface area contributed by atoms with E-state index >= 15 is 0 Å². The molecule has 1 heterocycles. The molecule has 0 radical (unpaired) electrons. The molecule has 1 aliphatic rings. The van der Waals surface area contributed by atoms with Gasteiger partial charge in [0.2, 0.25) is 5.91 Å². The number of halogens is 1. The summed E-state index contributed by atoms with van der Waals surface area (Å²) in [4.78, 5) is 16.1. The Labute approximate surface area is 115 Å². The summed E-state index contributed by atoms with van der Waals surface area (Å²) in [7, 11) is 0. The number of nitrogens with zero attached hydrogens (tertiary/aromatic N) is 2. The maximum Gasteiger partial charge on any atom is 0.222 e. The molecule has 1 aromatic carbocycles. The highest BCUT2D eigenvalue weighted by Gasteiger charge is 2.20. The number of hydrogen-bond donors (Lipinski definition) is 0. The molecule has 0 aliphatic carbocycles. The van der Waals surface area contributed by atoms with Gasteiger partial charge in [0.15, 0.2) is 0 Å². The van der Waals surface area contributed by atoms with Gasteiger partial charge in [-0.05, 0) is 18.6 Å². The normalized spacial score (nSPS) is 15.2. The summed E-state index contributed by atoms with van der Waals surface area (Å²) in [6, 6.07) is 10.4. The molecule has 1 aromatic rings. The summed E-state index contributed by atoms with van der Waals surface area (Å²) in [6.45, 7) is 5.65. The Hall–Kier alpha value is -1.22. The van der Waals surface area contributed by atoms with Gasteiger partial charge in [0.25, 0.3) is 0 Å². The minimum atomic E-state index is 0. The number of carbonyl (C=O) groups excluding carboxylic acids is 1. The topological polar surface area (TPSA) is 23.6 Å². The quantitative estimate of drug-likeness (QED) is 0.841. The van der Waals surface area contributed by atoms with E-state index in [0.717, 1.165) is 32.6 Å². The van der Waals surface area contributed by atoms with Gasteiger partial charge in [-0.1, -0.05) is 25.1 Å². The van der Waals surface area contributed by atoms with Crippen LogP contribution in [0.15, 0.2) is 30.3 Å². The standard InChI is InChI=1S/C14H20N2O.ClH/c1-2-6-14(17)16-11-9-15(10-12-16)13-7-4-3-5-8-13;/h3-5,7-8H,2,6,9-12H2,1H3;1H. The zero-order valence-electron chi connectivity index (χ0n) is 10.8. The largest absolute Gasteiger partial charge is 0.368 e. The highest BCUT2D eigenvalue weighted by atomic mass is 35.5. The van der Waals surface area contributed by atoms with Crippen LogP contribution in [-0.4, -0.2) is 37.0 Å². The van der Waals surface area contributed by atoms with E-state index in [2.05, 4.69) is 36.1 Å². The SMILES string of the molecule is CCCC(=O)N1CCN(c2ccccc2)CC1.Cl. The first-order valence-electron chi connectivity index (χ1n) is 6.39. The van der Waals surface area contributed by atoms with Crippen LogP contribution in [0.2, 0.25) is 0 Å². The molecule has 0 saturated carbocycles. The van der Waals surface area contributed by atoms with E-state index in [1.54, 1.807) is 0 Å². The maximum absolute atomic E-state index is 11.7. The van der Waals surface area contributed by atoms with Crippen LogP contribution in [-0.2, 0) is 4.79 Å². The average Bonchev–Trinajstić information content (AvgIpc) is 2.40. The van der Waals surface area contributed by atoms with Crippen LogP contribution < -0.4 is 4.90 Å². The summed E-state index contributed by atoms with van der Waals surface area (Å²) in [5, 5.41) is 0. The Morgan fingerprint density at radius 2 is 1.72 bits per heavy atom. The zero-order chi connectivity index (χ0) is 12.1. The van der Waals surface area contributed by atoms with Gasteiger partial charge < -0.3 is 9.80 Å². The van der Waals surface area contributed by atoms with Gasteiger partial charge in [0, 0.05) is 38.3 Å². The van der Waals surface area contributed by atoms with Crippen molar-refractivity contribution in [1.29, 1.82) is 0 Å². The zero-order valence-corrected chi connectivity index (χ0v) is 11.7. The molecule has 1 saturated heterocycles. The smallest absolute Gasteiger partial charge is 0.222 e. The second-order valence-electron chi connectivity index (χ2n) is 4.45. The lowest BCUT2D eigenvalue weighted by molar-refractivity contribution is -0.131. The number of carbonyl (C=O) groups is 1. The lowest BCUT2D eigenvalue weighted by atomic mass is 10.2. The third-order valence-corrected chi connectivity index (χ3v) is 3.22. The molecule has 0 N–H and O–H groups in total. The molecule has 18 heavy (non-hydrogen) atoms. The third kappa shape index (κ3) is 3.64. The molecule has 2 rings (SSSR count). The molecule has 0 unspecified atom stereocenters. The molecule has 1 amide bonds. The molecule has 3 nitrogen and oxygen atoms in total. The lowest BCUT2D eigenvalue weighted by Crippen LogP contribution is -2.48. The molecule has 1 fully saturated rings. The lowest BCUT2D eigenvalue weighted by Gasteiger charge is -2.36. The number of para-hydroxylation sites is 1. The van der Waals surface area contributed by atoms with Gasteiger partial charge in [-0.15, -0.1) is 12.4 Å². The van der Waals surface area contributed by atoms with E-state index in [0.29, 0.717) is 12.3 Å². The van der Waals surface area contributed by atoms with Crippen molar-refractivity contribution in [3.8, 4) is 0 Å². The molecule has 100 valence electrons. The predicted octanol–water partition coefficient (Wildman–Crippen LogP) is 2.56. The Bertz CT molecular complexity index is 361. The van der Waals surface area contributed by atoms with Crippen molar-refractivity contribution in [2.75, 3.05) is 31.1 Å². The van der Waals surface area contributed by atoms with Crippen molar-refractivity contribution in [3.05, 3.63) is 30.3 Å². The fourth-order valence-electron chi connectivity index (χ4n) is 2.22. The second kappa shape index (κ2) is 7.27. The van der Waals surface area contributed by atoms with Gasteiger partial charge in [-0.25, -0.2) is 0 Å². The van der Waals surface area contributed by atoms with Crippen molar-refractivity contribution in [2.45, 2.75) is 19.8 Å². The Kier molecular flexibility index (Phi) is 5.99. The van der Waals surface area contributed by atoms with Crippen LogP contribution in [0.25, 0.3) is 0 Å². The fraction of sp³-hybridized carbons (Fsp3) is 0.500. The van der Waals surface area contributed by atoms with Crippen molar-refractivity contribution >= 4 is 24.0 Å². The number of hydrogen-bond acceptors (Lipinski definition) is 2. The van der Waals surface area contributed by atoms with E-state index in [1.807, 2.05) is 11.0 Å². The monoisotopic (exact) mass is 268 g/mol. The van der Waals surface area contributed by atoms with Crippen molar-refractivity contribution in [3.63, 3.8) is 0 Å². The third-order valence-electron chi connectivity index (χ3n) is 3.22. The minimum Gasteiger partial charge on any atom is -0.368 e. The van der Waals surface area contributed by atoms with Crippen LogP contribution in [0.1, 0.15) is 19.8 Å². The van der Waals surface area contributed by atoms with E-state index in [-0.39, 0.29) is 12.4 Å². The van der Waals surface area contributed by atoms with Crippen molar-refractivity contribution in [1.82, 2.24) is 4.90 Å². The summed E-state index contributed by atoms with van der Waals surface area (Å²) in [6.07, 6.45) is 1.63. The van der Waals surface area contributed by atoms with Gasteiger partial charge >= 0.3 is 0 Å². The van der Waals surface area contributed by atoms with Gasteiger partial charge in [0.05, 0.1) is 0 Å². The number of rotatable bonds is 3. The number of amides is 1. The van der Waals surface area contributed by atoms with E-state index in [1.165, 1.54) is 5.69 Å². The van der Waals surface area contributed by atoms with Crippen LogP contribution >= 0.6 is 12.4 Å². The summed E-state index contributed by atoms with van der Waals surface area (Å²) in [5.74, 6) is 0.306. The average molecular weight is 269 g/mol. The minimum absolute atomic E-state index is 0. The first-order chi connectivity index (χ1) is 8.31. The molecule has 0 spiro atoms. The van der Waals surface area contributed by atoms with E-state index in [4.69, 9.17) is 0 Å². The molecule has 0 aromatic heterocycles. The van der Waals surface area contributed by atoms with Gasteiger partial charge in [-0.2, -0.15) is 0 Å². The Morgan fingerprint density at radius 3 is 2.28 bits per heavy atom. The van der Waals surface area contributed by atoms with Crippen LogP contribution in [0, 0.1) is 0 Å². The van der Waals surface area contributed by atoms with Crippen LogP contribution in [0.4, 0.5) is 5.69 Å². The Morgan fingerprint density at radius 1 is 1.11 bits per heavy atom. The summed E-state index contributed by atoms with van der Waals surface area (Å²) in [5.41, 5.74) is 1.26. The first kappa shape index (κ1) is 14.8. The van der Waals surface area contributed by atoms with Gasteiger partial charge in [0.1, 0.15) is 0 Å². The molecular weight excluding hydrogens is 248 g/mol. The van der Waals surface area contributed by atoms with Crippen LogP contribution in [0.5, 0.6) is 0 Å². The maximum atomic E-state index is 11.7. The molecule has 0 bridgehead atoms. The summed E-state index contributed by atoms with van der Waals surface area (Å²) < 4.78 is 0. The summed E-state index contributed by atoms with van der Waals surface area (Å²) >= 11 is 0. The van der Waals surface area contributed by atoms with Crippen molar-refractivity contribution in [2.24, 2.45) is 0 Å². The highest BCUT2D eigenvalue weighted by molar-refractivity contribution is 5.85. The molecule has 0 atom stereocenters. The highest BCUT2D eigenvalue weighted by Crippen LogP contribution is 2.15. The first-order valence-corrected chi connectivity index (χ1v) is 6.39. The second-order valence-corrected chi connectivity index (χ2v) is 4.45. The number of piperazine rings is 1. The van der Waals surface area contributed by atoms with Crippen molar-refractivity contribution < 1.29 is 4.79 Å². The number of benzene rings is 1. The predicted molar refractivity (Wildman–Crippen MR) is 77.4 cm³/mol. The number of anilines is 1. The fourth-order valence-corrected chi connectivity index (χ4v) is 2.22. The molecule has 4 heteroatoms. The van der Waals surface area contributed by atoms with E-state index < -0.39 is 0 Å². The molecular formula is C14H21ClN2O.